The van der Waals surface area contributed by atoms with Crippen molar-refractivity contribution in [2.75, 3.05) is 0 Å². The fourth-order valence-electron chi connectivity index (χ4n) is 7.66. The summed E-state index contributed by atoms with van der Waals surface area (Å²) in [5, 5.41) is 6.33. The molecular formula is C45H27N5S. The average Bonchev–Trinajstić information content (AvgIpc) is 3.72. The lowest BCUT2D eigenvalue weighted by molar-refractivity contribution is 1.03. The fourth-order valence-corrected chi connectivity index (χ4v) is 8.88. The molecule has 0 saturated carbocycles. The van der Waals surface area contributed by atoms with Gasteiger partial charge in [0, 0.05) is 48.3 Å². The third kappa shape index (κ3) is 4.27. The molecule has 7 aromatic carbocycles. The lowest BCUT2D eigenvalue weighted by atomic mass is 10.1. The molecule has 0 fully saturated rings. The number of hydrogen-bond donors (Lipinski definition) is 0. The normalized spacial score (nSPS) is 12.2. The molecule has 3 aromatic heterocycles. The standard InChI is InChI=1S/C45H27N5S/c1-3-13-28(14-4-1)42-46-43(29-15-5-2-6-16-29)48-44(47-42)30-23-25-32(26-24-30)49-36-20-10-9-19-34(36)39-35-27-31-17-7-8-18-33(31)41-40(35)50(45(39)49)37-21-11-12-22-38(37)51-41/h1-27H. The van der Waals surface area contributed by atoms with Crippen LogP contribution in [0.2, 0.25) is 0 Å². The highest BCUT2D eigenvalue weighted by Crippen LogP contribution is 2.51. The Balaban J connectivity index is 1.16. The van der Waals surface area contributed by atoms with Crippen LogP contribution in [0, 0.1) is 0 Å². The monoisotopic (exact) mass is 669 g/mol. The van der Waals surface area contributed by atoms with E-state index in [9.17, 15) is 0 Å². The second kappa shape index (κ2) is 11.0. The van der Waals surface area contributed by atoms with Crippen LogP contribution in [0.1, 0.15) is 0 Å². The minimum absolute atomic E-state index is 0.641. The number of rotatable bonds is 4. The Morgan fingerprint density at radius 1 is 0.451 bits per heavy atom. The van der Waals surface area contributed by atoms with Gasteiger partial charge in [0.1, 0.15) is 5.65 Å². The van der Waals surface area contributed by atoms with Gasteiger partial charge in [-0.25, -0.2) is 15.0 Å². The van der Waals surface area contributed by atoms with Gasteiger partial charge in [-0.05, 0) is 59.3 Å². The van der Waals surface area contributed by atoms with E-state index in [1.165, 1.54) is 59.1 Å². The molecule has 0 aliphatic carbocycles. The Hall–Kier alpha value is -6.50. The molecule has 10 aromatic rings. The highest BCUT2D eigenvalue weighted by molar-refractivity contribution is 8.00. The summed E-state index contributed by atoms with van der Waals surface area (Å²) in [4.78, 5) is 17.4. The van der Waals surface area contributed by atoms with Crippen molar-refractivity contribution in [2.24, 2.45) is 0 Å². The SMILES string of the molecule is c1ccc(-c2nc(-c3ccccc3)nc(-c3ccc(-n4c5ccccc5c5c6cc7ccccc7c7c6n(c54)-c4ccccc4S7)cc3)n2)cc1. The number of benzene rings is 7. The molecular weight excluding hydrogens is 643 g/mol. The highest BCUT2D eigenvalue weighted by atomic mass is 32.2. The molecule has 5 nitrogen and oxygen atoms in total. The van der Waals surface area contributed by atoms with E-state index in [1.807, 2.05) is 72.4 Å². The molecule has 6 heteroatoms. The molecule has 0 amide bonds. The lowest BCUT2D eigenvalue weighted by Gasteiger charge is -2.22. The van der Waals surface area contributed by atoms with E-state index in [2.05, 4.69) is 112 Å². The summed E-state index contributed by atoms with van der Waals surface area (Å²) in [6, 6.07) is 57.6. The van der Waals surface area contributed by atoms with E-state index >= 15 is 0 Å². The minimum Gasteiger partial charge on any atom is -0.295 e. The Morgan fingerprint density at radius 2 is 1.02 bits per heavy atom. The first-order valence-electron chi connectivity index (χ1n) is 17.0. The first-order chi connectivity index (χ1) is 25.3. The number of fused-ring (bicyclic) bond motifs is 9. The van der Waals surface area contributed by atoms with Gasteiger partial charge in [-0.15, -0.1) is 0 Å². The van der Waals surface area contributed by atoms with Crippen LogP contribution in [0.15, 0.2) is 174 Å². The smallest absolute Gasteiger partial charge is 0.164 e. The van der Waals surface area contributed by atoms with Gasteiger partial charge in [0.15, 0.2) is 17.5 Å². The van der Waals surface area contributed by atoms with Crippen molar-refractivity contribution in [3.8, 4) is 45.5 Å². The molecule has 0 saturated heterocycles. The summed E-state index contributed by atoms with van der Waals surface area (Å²) in [6.07, 6.45) is 0. The third-order valence-electron chi connectivity index (χ3n) is 9.93. The van der Waals surface area contributed by atoms with Crippen LogP contribution >= 0.6 is 11.8 Å². The Morgan fingerprint density at radius 3 is 1.73 bits per heavy atom. The summed E-state index contributed by atoms with van der Waals surface area (Å²) in [6.45, 7) is 0. The predicted octanol–water partition coefficient (Wildman–Crippen LogP) is 11.5. The van der Waals surface area contributed by atoms with Crippen molar-refractivity contribution in [2.45, 2.75) is 9.79 Å². The van der Waals surface area contributed by atoms with Gasteiger partial charge in [-0.3, -0.25) is 9.13 Å². The third-order valence-corrected chi connectivity index (χ3v) is 11.1. The van der Waals surface area contributed by atoms with Gasteiger partial charge in [-0.1, -0.05) is 127 Å². The van der Waals surface area contributed by atoms with E-state index in [-0.39, 0.29) is 0 Å². The van der Waals surface area contributed by atoms with Gasteiger partial charge in [0.2, 0.25) is 0 Å². The summed E-state index contributed by atoms with van der Waals surface area (Å²) >= 11 is 1.88. The molecule has 0 bridgehead atoms. The molecule has 51 heavy (non-hydrogen) atoms. The molecule has 0 atom stereocenters. The number of aromatic nitrogens is 5. The van der Waals surface area contributed by atoms with E-state index in [4.69, 9.17) is 15.0 Å². The van der Waals surface area contributed by atoms with Gasteiger partial charge in [-0.2, -0.15) is 0 Å². The predicted molar refractivity (Wildman–Crippen MR) is 209 cm³/mol. The Kier molecular flexibility index (Phi) is 6.12. The zero-order valence-corrected chi connectivity index (χ0v) is 28.0. The van der Waals surface area contributed by atoms with Crippen LogP contribution in [0.5, 0.6) is 0 Å². The largest absolute Gasteiger partial charge is 0.295 e. The Labute approximate surface area is 297 Å². The van der Waals surface area contributed by atoms with Crippen LogP contribution in [-0.2, 0) is 0 Å². The zero-order chi connectivity index (χ0) is 33.5. The minimum atomic E-state index is 0.641. The van der Waals surface area contributed by atoms with Crippen LogP contribution in [-0.4, -0.2) is 24.1 Å². The lowest BCUT2D eigenvalue weighted by Crippen LogP contribution is -2.06. The van der Waals surface area contributed by atoms with Crippen LogP contribution < -0.4 is 0 Å². The molecule has 0 unspecified atom stereocenters. The van der Waals surface area contributed by atoms with Gasteiger partial charge >= 0.3 is 0 Å². The van der Waals surface area contributed by atoms with Crippen LogP contribution in [0.4, 0.5) is 0 Å². The first kappa shape index (κ1) is 28.3. The van der Waals surface area contributed by atoms with Crippen molar-refractivity contribution >= 4 is 55.4 Å². The number of nitrogens with zero attached hydrogens (tertiary/aromatic N) is 5. The summed E-state index contributed by atoms with van der Waals surface area (Å²) < 4.78 is 4.92. The number of para-hydroxylation sites is 2. The molecule has 1 aliphatic rings. The molecule has 4 heterocycles. The zero-order valence-electron chi connectivity index (χ0n) is 27.2. The first-order valence-corrected chi connectivity index (χ1v) is 17.9. The van der Waals surface area contributed by atoms with Crippen molar-refractivity contribution < 1.29 is 0 Å². The summed E-state index contributed by atoms with van der Waals surface area (Å²) in [7, 11) is 0. The topological polar surface area (TPSA) is 48.5 Å². The highest BCUT2D eigenvalue weighted by Gasteiger charge is 2.29. The van der Waals surface area contributed by atoms with E-state index in [0.29, 0.717) is 17.5 Å². The van der Waals surface area contributed by atoms with Gasteiger partial charge in [0.25, 0.3) is 0 Å². The van der Waals surface area contributed by atoms with Crippen LogP contribution in [0.25, 0.3) is 89.2 Å². The number of hydrogen-bond acceptors (Lipinski definition) is 4. The van der Waals surface area contributed by atoms with Crippen molar-refractivity contribution in [3.05, 3.63) is 164 Å². The maximum absolute atomic E-state index is 4.98. The summed E-state index contributed by atoms with van der Waals surface area (Å²) in [5.74, 6) is 1.95. The molecule has 0 N–H and O–H groups in total. The average molecular weight is 670 g/mol. The van der Waals surface area contributed by atoms with Crippen molar-refractivity contribution in [3.63, 3.8) is 0 Å². The summed E-state index contributed by atoms with van der Waals surface area (Å²) in [5.41, 5.74) is 8.73. The van der Waals surface area contributed by atoms with Crippen LogP contribution in [0.3, 0.4) is 0 Å². The molecule has 0 radical (unpaired) electrons. The molecule has 0 spiro atoms. The van der Waals surface area contributed by atoms with Crippen molar-refractivity contribution in [1.82, 2.24) is 24.1 Å². The van der Waals surface area contributed by atoms with Gasteiger partial charge < -0.3 is 0 Å². The molecule has 238 valence electrons. The van der Waals surface area contributed by atoms with Crippen molar-refractivity contribution in [1.29, 1.82) is 0 Å². The fraction of sp³-hybridized carbons (Fsp3) is 0. The second-order valence-corrected chi connectivity index (χ2v) is 13.9. The maximum Gasteiger partial charge on any atom is 0.164 e. The van der Waals surface area contributed by atoms with E-state index < -0.39 is 0 Å². The quantitative estimate of drug-likeness (QED) is 0.187. The second-order valence-electron chi connectivity index (χ2n) is 12.9. The van der Waals surface area contributed by atoms with E-state index in [1.54, 1.807) is 0 Å². The van der Waals surface area contributed by atoms with E-state index in [0.717, 1.165) is 22.4 Å². The Bertz CT molecular complexity index is 2920. The maximum atomic E-state index is 4.98. The van der Waals surface area contributed by atoms with Gasteiger partial charge in [0.05, 0.1) is 16.7 Å². The molecule has 1 aliphatic heterocycles. The molecule has 11 rings (SSSR count).